The summed E-state index contributed by atoms with van der Waals surface area (Å²) in [7, 11) is 1.64. The van der Waals surface area contributed by atoms with Crippen LogP contribution >= 0.6 is 0 Å². The second-order valence-electron chi connectivity index (χ2n) is 1.59. The Morgan fingerprint density at radius 2 is 2.22 bits per heavy atom. The minimum Gasteiger partial charge on any atom is -0.480 e. The van der Waals surface area contributed by atoms with E-state index in [9.17, 15) is 4.79 Å². The van der Waals surface area contributed by atoms with Crippen molar-refractivity contribution in [2.24, 2.45) is 0 Å². The maximum atomic E-state index is 10.1. The quantitative estimate of drug-likeness (QED) is 0.528. The van der Waals surface area contributed by atoms with E-state index in [4.69, 9.17) is 5.11 Å². The molecule has 0 rings (SSSR count). The zero-order valence-corrected chi connectivity index (χ0v) is 8.14. The average molecular weight is 140 g/mol. The zero-order chi connectivity index (χ0) is 6.57. The summed E-state index contributed by atoms with van der Waals surface area (Å²) in [5.74, 6) is -0.782. The molecule has 0 fully saturated rings. The van der Waals surface area contributed by atoms with Crippen LogP contribution in [0.1, 0.15) is 13.3 Å². The third kappa shape index (κ3) is 4.90. The van der Waals surface area contributed by atoms with Gasteiger partial charge in [0.2, 0.25) is 0 Å². The van der Waals surface area contributed by atoms with Gasteiger partial charge >= 0.3 is 5.97 Å². The van der Waals surface area contributed by atoms with Crippen LogP contribution in [0.5, 0.6) is 0 Å². The number of hydrogen-bond donors (Lipinski definition) is 2. The first-order valence-electron chi connectivity index (χ1n) is 2.62. The Kier molecular flexibility index (Phi) is 8.83. The minimum absolute atomic E-state index is 0. The summed E-state index contributed by atoms with van der Waals surface area (Å²) in [5.41, 5.74) is 0. The molecule has 0 aromatic carbocycles. The fraction of sp³-hybridized carbons (Fsp3) is 0.800. The fourth-order valence-corrected chi connectivity index (χ4v) is 0.502. The predicted octanol–water partition coefficient (Wildman–Crippen LogP) is -0.312. The number of carbonyl (C=O) groups is 1. The summed E-state index contributed by atoms with van der Waals surface area (Å²) >= 11 is 0. The Bertz CT molecular complexity index is 83.0. The van der Waals surface area contributed by atoms with Crippen LogP contribution in [0.3, 0.4) is 0 Å². The zero-order valence-electron chi connectivity index (χ0n) is 6.14. The average Bonchev–Trinajstić information content (AvgIpc) is 1.69. The van der Waals surface area contributed by atoms with Gasteiger partial charge in [-0.05, 0) is 13.5 Å². The largest absolute Gasteiger partial charge is 0.480 e. The van der Waals surface area contributed by atoms with E-state index in [-0.39, 0.29) is 35.6 Å². The van der Waals surface area contributed by atoms with E-state index < -0.39 is 5.97 Å². The van der Waals surface area contributed by atoms with Crippen molar-refractivity contribution in [1.82, 2.24) is 5.32 Å². The molecule has 0 aromatic heterocycles. The molecule has 2 N–H and O–H groups in total. The van der Waals surface area contributed by atoms with Crippen LogP contribution in [0.25, 0.3) is 0 Å². The minimum atomic E-state index is -0.782. The van der Waals surface area contributed by atoms with E-state index in [0.29, 0.717) is 6.42 Å². The standard InChI is InChI=1S/C5H11NO2.Na/c1-3-4(6-2)5(7)8;/h4,6H,3H2,1-2H3,(H,7,8);. The van der Waals surface area contributed by atoms with Gasteiger partial charge in [0.25, 0.3) is 0 Å². The van der Waals surface area contributed by atoms with Crippen molar-refractivity contribution in [1.29, 1.82) is 0 Å². The Hall–Kier alpha value is 0.430. The van der Waals surface area contributed by atoms with Gasteiger partial charge < -0.3 is 10.4 Å². The molecule has 0 saturated heterocycles. The molecular formula is C5H11NNaO2. The summed E-state index contributed by atoms with van der Waals surface area (Å²) < 4.78 is 0. The molecule has 49 valence electrons. The van der Waals surface area contributed by atoms with Crippen LogP contribution in [0, 0.1) is 0 Å². The van der Waals surface area contributed by atoms with Crippen LogP contribution in [0.15, 0.2) is 0 Å². The molecule has 0 aromatic rings. The first-order valence-corrected chi connectivity index (χ1v) is 2.62. The van der Waals surface area contributed by atoms with Crippen molar-refractivity contribution in [3.8, 4) is 0 Å². The van der Waals surface area contributed by atoms with Crippen molar-refractivity contribution in [2.75, 3.05) is 7.05 Å². The van der Waals surface area contributed by atoms with Crippen LogP contribution in [-0.4, -0.2) is 53.7 Å². The van der Waals surface area contributed by atoms with Gasteiger partial charge in [0, 0.05) is 29.6 Å². The molecule has 0 spiro atoms. The van der Waals surface area contributed by atoms with E-state index in [1.54, 1.807) is 7.05 Å². The molecule has 3 nitrogen and oxygen atoms in total. The van der Waals surface area contributed by atoms with Gasteiger partial charge in [-0.25, -0.2) is 0 Å². The van der Waals surface area contributed by atoms with E-state index in [1.165, 1.54) is 0 Å². The molecule has 1 atom stereocenters. The van der Waals surface area contributed by atoms with Gasteiger partial charge in [-0.15, -0.1) is 0 Å². The van der Waals surface area contributed by atoms with Gasteiger partial charge in [-0.1, -0.05) is 6.92 Å². The van der Waals surface area contributed by atoms with Crippen LogP contribution in [-0.2, 0) is 4.79 Å². The number of likely N-dealkylation sites (N-methyl/N-ethyl adjacent to an activating group) is 1. The second kappa shape index (κ2) is 6.55. The van der Waals surface area contributed by atoms with Crippen molar-refractivity contribution in [3.05, 3.63) is 0 Å². The van der Waals surface area contributed by atoms with Crippen LogP contribution < -0.4 is 5.32 Å². The Morgan fingerprint density at radius 1 is 1.78 bits per heavy atom. The van der Waals surface area contributed by atoms with Crippen molar-refractivity contribution >= 4 is 35.5 Å². The van der Waals surface area contributed by atoms with Gasteiger partial charge in [0.05, 0.1) is 0 Å². The van der Waals surface area contributed by atoms with Crippen molar-refractivity contribution in [3.63, 3.8) is 0 Å². The molecular weight excluding hydrogens is 129 g/mol. The number of carboxylic acids is 1. The third-order valence-corrected chi connectivity index (χ3v) is 1.05. The molecule has 0 amide bonds. The molecule has 1 radical (unpaired) electrons. The molecule has 4 heteroatoms. The maximum absolute atomic E-state index is 10.1. The maximum Gasteiger partial charge on any atom is 0.320 e. The molecule has 1 unspecified atom stereocenters. The number of nitrogens with one attached hydrogen (secondary N) is 1. The molecule has 0 aliphatic heterocycles. The smallest absolute Gasteiger partial charge is 0.320 e. The molecule has 9 heavy (non-hydrogen) atoms. The third-order valence-electron chi connectivity index (χ3n) is 1.05. The van der Waals surface area contributed by atoms with E-state index in [2.05, 4.69) is 5.32 Å². The first-order chi connectivity index (χ1) is 3.72. The predicted molar refractivity (Wildman–Crippen MR) is 36.5 cm³/mol. The van der Waals surface area contributed by atoms with Crippen LogP contribution in [0.2, 0.25) is 0 Å². The monoisotopic (exact) mass is 140 g/mol. The Morgan fingerprint density at radius 3 is 2.22 bits per heavy atom. The van der Waals surface area contributed by atoms with Gasteiger partial charge in [0.1, 0.15) is 6.04 Å². The summed E-state index contributed by atoms with van der Waals surface area (Å²) in [4.78, 5) is 10.1. The van der Waals surface area contributed by atoms with E-state index >= 15 is 0 Å². The normalized spacial score (nSPS) is 11.8. The Balaban J connectivity index is 0. The topological polar surface area (TPSA) is 49.3 Å². The first kappa shape index (κ1) is 12.1. The van der Waals surface area contributed by atoms with Crippen molar-refractivity contribution in [2.45, 2.75) is 19.4 Å². The van der Waals surface area contributed by atoms with Crippen molar-refractivity contribution < 1.29 is 9.90 Å². The molecule has 0 bridgehead atoms. The fourth-order valence-electron chi connectivity index (χ4n) is 0.502. The van der Waals surface area contributed by atoms with Crippen LogP contribution in [0.4, 0.5) is 0 Å². The number of aliphatic carboxylic acids is 1. The molecule has 0 heterocycles. The Labute approximate surface area is 77.1 Å². The van der Waals surface area contributed by atoms with E-state index in [1.807, 2.05) is 6.92 Å². The number of rotatable bonds is 3. The van der Waals surface area contributed by atoms with Gasteiger partial charge in [-0.3, -0.25) is 4.79 Å². The van der Waals surface area contributed by atoms with E-state index in [0.717, 1.165) is 0 Å². The number of carboxylic acid groups (broad SMARTS) is 1. The second-order valence-corrected chi connectivity index (χ2v) is 1.59. The summed E-state index contributed by atoms with van der Waals surface area (Å²) in [6.45, 7) is 1.83. The SMILES string of the molecule is CCC(NC)C(=O)O.[Na]. The summed E-state index contributed by atoms with van der Waals surface area (Å²) in [5, 5.41) is 11.0. The van der Waals surface area contributed by atoms with Gasteiger partial charge in [0.15, 0.2) is 0 Å². The molecule has 0 aliphatic rings. The van der Waals surface area contributed by atoms with Gasteiger partial charge in [-0.2, -0.15) is 0 Å². The summed E-state index contributed by atoms with van der Waals surface area (Å²) in [6, 6.07) is -0.380. The molecule has 0 aliphatic carbocycles. The number of hydrogen-bond acceptors (Lipinski definition) is 2. The molecule has 0 saturated carbocycles. The summed E-state index contributed by atoms with van der Waals surface area (Å²) in [6.07, 6.45) is 0.631.